The number of benzene rings is 1. The van der Waals surface area contributed by atoms with Crippen molar-refractivity contribution in [3.05, 3.63) is 23.8 Å². The highest BCUT2D eigenvalue weighted by molar-refractivity contribution is 6.78. The van der Waals surface area contributed by atoms with Gasteiger partial charge in [0.25, 0.3) is 8.32 Å². The molecule has 1 aliphatic heterocycles. The molecule has 2 rings (SSSR count). The van der Waals surface area contributed by atoms with Gasteiger partial charge in [0, 0.05) is 6.42 Å². The lowest BCUT2D eigenvalue weighted by Gasteiger charge is -2.42. The van der Waals surface area contributed by atoms with Gasteiger partial charge in [0.2, 0.25) is 0 Å². The highest BCUT2D eigenvalue weighted by atomic mass is 28.4. The molecule has 0 atom stereocenters. The SMILES string of the molecule is CC(C)[Si](Oc1cc(CCC(=O)O)cc(B2OC(C)(C)C(C)(C)O2)c1)(C(C)C)C(C)C. The first-order valence-electron chi connectivity index (χ1n) is 11.5. The van der Waals surface area contributed by atoms with Gasteiger partial charge in [-0.3, -0.25) is 4.79 Å². The van der Waals surface area contributed by atoms with Crippen LogP contribution in [0.5, 0.6) is 5.75 Å². The average molecular weight is 448 g/mol. The van der Waals surface area contributed by atoms with Crippen molar-refractivity contribution in [2.45, 2.75) is 110 Å². The van der Waals surface area contributed by atoms with E-state index in [4.69, 9.17) is 13.7 Å². The van der Waals surface area contributed by atoms with E-state index in [0.29, 0.717) is 23.0 Å². The number of hydrogen-bond acceptors (Lipinski definition) is 4. The predicted molar refractivity (Wildman–Crippen MR) is 130 cm³/mol. The van der Waals surface area contributed by atoms with Crippen molar-refractivity contribution in [1.82, 2.24) is 0 Å². The van der Waals surface area contributed by atoms with E-state index in [9.17, 15) is 9.90 Å². The summed E-state index contributed by atoms with van der Waals surface area (Å²) in [6.45, 7) is 21.7. The number of hydrogen-bond donors (Lipinski definition) is 1. The molecule has 1 heterocycles. The average Bonchev–Trinajstić information content (AvgIpc) is 2.84. The molecule has 0 amide bonds. The molecular formula is C24H41BO5Si. The summed E-state index contributed by atoms with van der Waals surface area (Å²) < 4.78 is 19.5. The van der Waals surface area contributed by atoms with Gasteiger partial charge in [-0.15, -0.1) is 0 Å². The Morgan fingerprint density at radius 2 is 1.45 bits per heavy atom. The quantitative estimate of drug-likeness (QED) is 0.501. The van der Waals surface area contributed by atoms with Crippen LogP contribution in [0.1, 0.15) is 81.2 Å². The molecule has 7 heteroatoms. The van der Waals surface area contributed by atoms with E-state index in [2.05, 4.69) is 41.5 Å². The molecule has 0 unspecified atom stereocenters. The minimum atomic E-state index is -2.15. The van der Waals surface area contributed by atoms with E-state index in [-0.39, 0.29) is 6.42 Å². The predicted octanol–water partition coefficient (Wildman–Crippen LogP) is 5.56. The van der Waals surface area contributed by atoms with Gasteiger partial charge < -0.3 is 18.8 Å². The van der Waals surface area contributed by atoms with Gasteiger partial charge in [-0.2, -0.15) is 0 Å². The standard InChI is InChI=1S/C24H41BO5Si/c1-16(2)31(17(3)4,18(5)6)28-21-14-19(11-12-22(26)27)13-20(15-21)25-29-23(7,8)24(9,10)30-25/h13-18H,11-12H2,1-10H3,(H,26,27). The third-order valence-electron chi connectivity index (χ3n) is 7.14. The molecule has 0 bridgehead atoms. The van der Waals surface area contributed by atoms with Crippen LogP contribution in [0.4, 0.5) is 0 Å². The molecule has 1 aliphatic rings. The number of carbonyl (C=O) groups is 1. The second-order valence-electron chi connectivity index (χ2n) is 10.8. The second-order valence-corrected chi connectivity index (χ2v) is 16.2. The number of aryl methyl sites for hydroxylation is 1. The number of carboxylic acids is 1. The molecule has 0 spiro atoms. The summed E-state index contributed by atoms with van der Waals surface area (Å²) in [6, 6.07) is 6.04. The van der Waals surface area contributed by atoms with Crippen LogP contribution in [0, 0.1) is 0 Å². The van der Waals surface area contributed by atoms with Gasteiger partial charge in [0.05, 0.1) is 11.2 Å². The minimum Gasteiger partial charge on any atom is -0.543 e. The van der Waals surface area contributed by atoms with Crippen molar-refractivity contribution in [2.75, 3.05) is 0 Å². The molecule has 5 nitrogen and oxygen atoms in total. The molecule has 1 aromatic carbocycles. The summed E-state index contributed by atoms with van der Waals surface area (Å²) in [5.74, 6) is -0.00543. The van der Waals surface area contributed by atoms with E-state index < -0.39 is 32.6 Å². The van der Waals surface area contributed by atoms with Crippen LogP contribution in [0.15, 0.2) is 18.2 Å². The molecule has 0 aromatic heterocycles. The topological polar surface area (TPSA) is 65.0 Å². The van der Waals surface area contributed by atoms with Crippen molar-refractivity contribution in [1.29, 1.82) is 0 Å². The Morgan fingerprint density at radius 1 is 0.968 bits per heavy atom. The minimum absolute atomic E-state index is 0.0768. The highest BCUT2D eigenvalue weighted by Crippen LogP contribution is 2.43. The Bertz CT molecular complexity index is 750. The van der Waals surface area contributed by atoms with E-state index in [1.54, 1.807) is 0 Å². The van der Waals surface area contributed by atoms with Crippen molar-refractivity contribution < 1.29 is 23.6 Å². The van der Waals surface area contributed by atoms with Crippen molar-refractivity contribution in [2.24, 2.45) is 0 Å². The Kier molecular flexibility index (Phi) is 7.77. The number of rotatable bonds is 9. The Morgan fingerprint density at radius 3 is 1.87 bits per heavy atom. The van der Waals surface area contributed by atoms with Crippen LogP contribution >= 0.6 is 0 Å². The zero-order valence-corrected chi connectivity index (χ0v) is 22.0. The van der Waals surface area contributed by atoms with Crippen LogP contribution in [0.25, 0.3) is 0 Å². The molecule has 0 aliphatic carbocycles. The maximum absolute atomic E-state index is 11.2. The monoisotopic (exact) mass is 448 g/mol. The molecule has 1 saturated heterocycles. The smallest absolute Gasteiger partial charge is 0.494 e. The first-order chi connectivity index (χ1) is 14.1. The van der Waals surface area contributed by atoms with Gasteiger partial charge in [-0.25, -0.2) is 0 Å². The van der Waals surface area contributed by atoms with Gasteiger partial charge in [-0.05, 0) is 73.9 Å². The van der Waals surface area contributed by atoms with E-state index in [1.807, 2.05) is 45.9 Å². The zero-order chi connectivity index (χ0) is 23.8. The number of aliphatic carboxylic acids is 1. The summed E-state index contributed by atoms with van der Waals surface area (Å²) >= 11 is 0. The van der Waals surface area contributed by atoms with Crippen LogP contribution < -0.4 is 9.89 Å². The molecule has 31 heavy (non-hydrogen) atoms. The van der Waals surface area contributed by atoms with Crippen LogP contribution in [-0.4, -0.2) is 37.7 Å². The Balaban J connectivity index is 2.51. The molecule has 0 saturated carbocycles. The van der Waals surface area contributed by atoms with Gasteiger partial charge in [0.1, 0.15) is 5.75 Å². The van der Waals surface area contributed by atoms with E-state index in [1.165, 1.54) is 0 Å². The summed E-state index contributed by atoms with van der Waals surface area (Å²) in [4.78, 5) is 11.2. The number of carboxylic acid groups (broad SMARTS) is 1. The van der Waals surface area contributed by atoms with Crippen LogP contribution in [0.2, 0.25) is 16.6 Å². The molecule has 1 aromatic rings. The lowest BCUT2D eigenvalue weighted by Crippen LogP contribution is -2.51. The summed E-state index contributed by atoms with van der Waals surface area (Å²) in [6.07, 6.45) is 0.520. The third kappa shape index (κ3) is 5.37. The third-order valence-corrected chi connectivity index (χ3v) is 13.1. The summed E-state index contributed by atoms with van der Waals surface area (Å²) in [5, 5.41) is 9.19. The highest BCUT2D eigenvalue weighted by Gasteiger charge is 2.52. The molecule has 174 valence electrons. The molecule has 1 fully saturated rings. The maximum atomic E-state index is 11.2. The first kappa shape index (κ1) is 25.9. The lowest BCUT2D eigenvalue weighted by molar-refractivity contribution is -0.136. The van der Waals surface area contributed by atoms with E-state index >= 15 is 0 Å². The van der Waals surface area contributed by atoms with E-state index in [0.717, 1.165) is 16.8 Å². The van der Waals surface area contributed by atoms with Crippen molar-refractivity contribution in [3.8, 4) is 5.75 Å². The maximum Gasteiger partial charge on any atom is 0.494 e. The van der Waals surface area contributed by atoms with Crippen LogP contribution in [-0.2, 0) is 20.5 Å². The van der Waals surface area contributed by atoms with Gasteiger partial charge >= 0.3 is 13.1 Å². The molecular weight excluding hydrogens is 407 g/mol. The Hall–Kier alpha value is -1.31. The lowest BCUT2D eigenvalue weighted by atomic mass is 9.78. The fraction of sp³-hybridized carbons (Fsp3) is 0.708. The van der Waals surface area contributed by atoms with Crippen LogP contribution in [0.3, 0.4) is 0 Å². The van der Waals surface area contributed by atoms with Crippen molar-refractivity contribution >= 4 is 26.9 Å². The van der Waals surface area contributed by atoms with Gasteiger partial charge in [-0.1, -0.05) is 47.6 Å². The second kappa shape index (κ2) is 9.28. The summed E-state index contributed by atoms with van der Waals surface area (Å²) in [5.41, 5.74) is 2.25. The largest absolute Gasteiger partial charge is 0.543 e. The van der Waals surface area contributed by atoms with Gasteiger partial charge in [0.15, 0.2) is 0 Å². The van der Waals surface area contributed by atoms with Crippen molar-refractivity contribution in [3.63, 3.8) is 0 Å². The first-order valence-corrected chi connectivity index (χ1v) is 13.7. The normalized spacial score (nSPS) is 18.3. The summed E-state index contributed by atoms with van der Waals surface area (Å²) in [7, 11) is -2.66. The molecule has 0 radical (unpaired) electrons. The molecule has 1 N–H and O–H groups in total. The fourth-order valence-electron chi connectivity index (χ4n) is 4.81. The zero-order valence-electron chi connectivity index (χ0n) is 21.0. The fourth-order valence-corrected chi connectivity index (χ4v) is 10.0. The Labute approximate surface area is 190 Å².